The van der Waals surface area contributed by atoms with E-state index in [1.807, 2.05) is 6.20 Å². The summed E-state index contributed by atoms with van der Waals surface area (Å²) in [4.78, 5) is 12.8. The summed E-state index contributed by atoms with van der Waals surface area (Å²) in [6, 6.07) is 55.3. The molecular weight excluding hydrogens is 679 g/mol. The first-order valence-electron chi connectivity index (χ1n) is 19.4. The molecule has 2 aromatic heterocycles. The molecule has 0 fully saturated rings. The standard InChI is InChI=1S/C51H41BN4/c1-32-28-35(4)50(36(5)29-32)55-45-22-10-8-20-42(45)52(40-18-13-17-38(30-40)48-41-19-7-6-16-37(41)26-27-53-48)43-31-39(24-25-46(43)55)51-54-44-21-9-11-23-47(44)56(51)49-33(2)14-12-15-34(49)3/h6-31H,1-5H3. The van der Waals surface area contributed by atoms with Gasteiger partial charge in [-0.15, -0.1) is 0 Å². The Labute approximate surface area is 328 Å². The molecule has 0 saturated heterocycles. The second-order valence-corrected chi connectivity index (χ2v) is 15.4. The predicted molar refractivity (Wildman–Crippen MR) is 237 cm³/mol. The van der Waals surface area contributed by atoms with Crippen LogP contribution in [-0.2, 0) is 0 Å². The number of nitrogens with zero attached hydrogens (tertiary/aromatic N) is 4. The van der Waals surface area contributed by atoms with Crippen LogP contribution in [0.2, 0.25) is 0 Å². The Morgan fingerprint density at radius 3 is 2.07 bits per heavy atom. The number of rotatable bonds is 5. The molecule has 0 aliphatic carbocycles. The van der Waals surface area contributed by atoms with Gasteiger partial charge in [0.25, 0.3) is 0 Å². The minimum Gasteiger partial charge on any atom is -0.311 e. The van der Waals surface area contributed by atoms with E-state index in [2.05, 4.69) is 196 Å². The first-order valence-corrected chi connectivity index (χ1v) is 19.4. The van der Waals surface area contributed by atoms with Gasteiger partial charge in [-0.1, -0.05) is 126 Å². The van der Waals surface area contributed by atoms with Gasteiger partial charge in [0.2, 0.25) is 6.71 Å². The van der Waals surface area contributed by atoms with E-state index in [0.717, 1.165) is 39.1 Å². The van der Waals surface area contributed by atoms with Gasteiger partial charge in [0, 0.05) is 34.1 Å². The van der Waals surface area contributed by atoms with Crippen molar-refractivity contribution in [2.75, 3.05) is 4.90 Å². The largest absolute Gasteiger partial charge is 0.311 e. The van der Waals surface area contributed by atoms with E-state index in [0.29, 0.717) is 0 Å². The quantitative estimate of drug-likeness (QED) is 0.166. The second-order valence-electron chi connectivity index (χ2n) is 15.4. The number of aryl methyl sites for hydroxylation is 5. The topological polar surface area (TPSA) is 34.0 Å². The molecule has 1 aliphatic rings. The van der Waals surface area contributed by atoms with E-state index in [-0.39, 0.29) is 6.71 Å². The molecule has 0 spiro atoms. The van der Waals surface area contributed by atoms with Crippen molar-refractivity contribution in [1.82, 2.24) is 14.5 Å². The van der Waals surface area contributed by atoms with Crippen LogP contribution in [0.25, 0.3) is 50.1 Å². The zero-order chi connectivity index (χ0) is 38.1. The fraction of sp³-hybridized carbons (Fsp3) is 0.0980. The third-order valence-electron chi connectivity index (χ3n) is 11.6. The molecule has 9 aromatic rings. The van der Waals surface area contributed by atoms with Gasteiger partial charge in [0.15, 0.2) is 0 Å². The van der Waals surface area contributed by atoms with Crippen LogP contribution in [-0.4, -0.2) is 21.2 Å². The molecular formula is C51H41BN4. The van der Waals surface area contributed by atoms with Crippen molar-refractivity contribution in [2.45, 2.75) is 34.6 Å². The Hall–Kier alpha value is -6.72. The Kier molecular flexibility index (Phi) is 8.00. The maximum Gasteiger partial charge on any atom is 0.246 e. The van der Waals surface area contributed by atoms with Gasteiger partial charge in [-0.25, -0.2) is 4.98 Å². The summed E-state index contributed by atoms with van der Waals surface area (Å²) < 4.78 is 2.37. The predicted octanol–water partition coefficient (Wildman–Crippen LogP) is 10.7. The van der Waals surface area contributed by atoms with Crippen LogP contribution in [0.1, 0.15) is 27.8 Å². The molecule has 56 heavy (non-hydrogen) atoms. The molecule has 0 unspecified atom stereocenters. The van der Waals surface area contributed by atoms with E-state index < -0.39 is 0 Å². The number of para-hydroxylation sites is 4. The second kappa shape index (κ2) is 13.2. The first kappa shape index (κ1) is 33.8. The lowest BCUT2D eigenvalue weighted by Crippen LogP contribution is -2.57. The van der Waals surface area contributed by atoms with Crippen LogP contribution < -0.4 is 21.3 Å². The highest BCUT2D eigenvalue weighted by molar-refractivity contribution is 6.98. The summed E-state index contributed by atoms with van der Waals surface area (Å²) in [5.74, 6) is 0.937. The number of anilines is 3. The van der Waals surface area contributed by atoms with E-state index >= 15 is 0 Å². The normalized spacial score (nSPS) is 12.3. The van der Waals surface area contributed by atoms with Crippen LogP contribution in [0.5, 0.6) is 0 Å². The molecule has 0 radical (unpaired) electrons. The van der Waals surface area contributed by atoms with Crippen LogP contribution in [0.4, 0.5) is 17.1 Å². The number of hydrogen-bond acceptors (Lipinski definition) is 3. The van der Waals surface area contributed by atoms with Crippen molar-refractivity contribution in [3.05, 3.63) is 186 Å². The number of fused-ring (bicyclic) bond motifs is 4. The maximum atomic E-state index is 5.37. The minimum absolute atomic E-state index is 0.0450. The fourth-order valence-corrected chi connectivity index (χ4v) is 9.31. The van der Waals surface area contributed by atoms with Crippen LogP contribution in [0.3, 0.4) is 0 Å². The number of benzene rings is 7. The Morgan fingerprint density at radius 2 is 1.23 bits per heavy atom. The number of hydrogen-bond donors (Lipinski definition) is 0. The molecule has 3 heterocycles. The van der Waals surface area contributed by atoms with Crippen molar-refractivity contribution in [1.29, 1.82) is 0 Å². The first-order chi connectivity index (χ1) is 27.4. The minimum atomic E-state index is -0.0450. The summed E-state index contributed by atoms with van der Waals surface area (Å²) in [7, 11) is 0. The summed E-state index contributed by atoms with van der Waals surface area (Å²) in [6.45, 7) is 11.0. The lowest BCUT2D eigenvalue weighted by atomic mass is 9.35. The van der Waals surface area contributed by atoms with Gasteiger partial charge in [-0.05, 0) is 110 Å². The highest BCUT2D eigenvalue weighted by Crippen LogP contribution is 2.41. The van der Waals surface area contributed by atoms with E-state index in [1.165, 1.54) is 72.3 Å². The SMILES string of the molecule is Cc1cc(C)c(N2c3ccccc3B(c3cccc(-c4nccc5ccccc45)c3)c3cc(-c4nc5ccccc5n4-c4c(C)cccc4C)ccc32)c(C)c1. The zero-order valence-electron chi connectivity index (χ0n) is 32.4. The molecule has 0 saturated carbocycles. The lowest BCUT2D eigenvalue weighted by Gasteiger charge is -2.39. The molecule has 0 N–H and O–H groups in total. The maximum absolute atomic E-state index is 5.37. The third-order valence-corrected chi connectivity index (χ3v) is 11.6. The van der Waals surface area contributed by atoms with Gasteiger partial charge >= 0.3 is 0 Å². The fourth-order valence-electron chi connectivity index (χ4n) is 9.31. The highest BCUT2D eigenvalue weighted by atomic mass is 15.2. The average molecular weight is 721 g/mol. The molecule has 10 rings (SSSR count). The van der Waals surface area contributed by atoms with Crippen molar-refractivity contribution in [3.8, 4) is 28.3 Å². The third kappa shape index (κ3) is 5.37. The van der Waals surface area contributed by atoms with Gasteiger partial charge in [0.1, 0.15) is 5.82 Å². The Bertz CT molecular complexity index is 2960. The van der Waals surface area contributed by atoms with Crippen LogP contribution in [0, 0.1) is 34.6 Å². The highest BCUT2D eigenvalue weighted by Gasteiger charge is 2.37. The Morgan fingerprint density at radius 1 is 0.518 bits per heavy atom. The van der Waals surface area contributed by atoms with E-state index in [1.54, 1.807) is 0 Å². The Balaban J connectivity index is 1.25. The molecule has 4 nitrogen and oxygen atoms in total. The van der Waals surface area contributed by atoms with Crippen molar-refractivity contribution < 1.29 is 0 Å². The molecule has 268 valence electrons. The van der Waals surface area contributed by atoms with E-state index in [9.17, 15) is 0 Å². The zero-order valence-corrected chi connectivity index (χ0v) is 32.4. The number of pyridine rings is 1. The number of aromatic nitrogens is 3. The van der Waals surface area contributed by atoms with E-state index in [4.69, 9.17) is 9.97 Å². The molecule has 5 heteroatoms. The van der Waals surface area contributed by atoms with Crippen LogP contribution in [0.15, 0.2) is 158 Å². The summed E-state index contributed by atoms with van der Waals surface area (Å²) >= 11 is 0. The van der Waals surface area contributed by atoms with Crippen molar-refractivity contribution in [3.63, 3.8) is 0 Å². The lowest BCUT2D eigenvalue weighted by molar-refractivity contribution is 1.06. The smallest absolute Gasteiger partial charge is 0.246 e. The molecule has 1 aliphatic heterocycles. The summed E-state index contributed by atoms with van der Waals surface area (Å²) in [5.41, 5.74) is 20.0. The van der Waals surface area contributed by atoms with Crippen molar-refractivity contribution in [2.24, 2.45) is 0 Å². The number of imidazole rings is 1. The average Bonchev–Trinajstić information content (AvgIpc) is 3.59. The van der Waals surface area contributed by atoms with Gasteiger partial charge in [0.05, 0.1) is 28.1 Å². The van der Waals surface area contributed by atoms with Gasteiger partial charge in [-0.2, -0.15) is 0 Å². The summed E-state index contributed by atoms with van der Waals surface area (Å²) in [5, 5.41) is 2.34. The van der Waals surface area contributed by atoms with Gasteiger partial charge in [-0.3, -0.25) is 9.55 Å². The molecule has 7 aromatic carbocycles. The van der Waals surface area contributed by atoms with Crippen LogP contribution >= 0.6 is 0 Å². The van der Waals surface area contributed by atoms with Gasteiger partial charge < -0.3 is 4.90 Å². The summed E-state index contributed by atoms with van der Waals surface area (Å²) in [6.07, 6.45) is 1.92. The molecule has 0 amide bonds. The van der Waals surface area contributed by atoms with Crippen molar-refractivity contribution >= 4 is 62.0 Å². The molecule has 0 bridgehead atoms. The molecule has 0 atom stereocenters. The monoisotopic (exact) mass is 720 g/mol.